The summed E-state index contributed by atoms with van der Waals surface area (Å²) in [5, 5.41) is 8.68. The standard InChI is InChI=1S/C9H13N3O3/c1-6(8(13)14)11-7-4-2-3-5-12(7)9(10)15/h2-3,6H,4-5H2,1H3,(H2,10,15)(H,13,14)/t6-/m0/s1. The summed E-state index contributed by atoms with van der Waals surface area (Å²) < 4.78 is 0. The minimum atomic E-state index is -1.03. The number of amidine groups is 1. The molecule has 0 bridgehead atoms. The van der Waals surface area contributed by atoms with Gasteiger partial charge in [-0.15, -0.1) is 0 Å². The fourth-order valence-corrected chi connectivity index (χ4v) is 1.20. The summed E-state index contributed by atoms with van der Waals surface area (Å²) in [7, 11) is 0. The maximum atomic E-state index is 11.0. The van der Waals surface area contributed by atoms with E-state index in [1.165, 1.54) is 11.8 Å². The largest absolute Gasteiger partial charge is 0.480 e. The van der Waals surface area contributed by atoms with Gasteiger partial charge in [0.1, 0.15) is 11.9 Å². The Labute approximate surface area is 87.1 Å². The van der Waals surface area contributed by atoms with E-state index in [4.69, 9.17) is 10.8 Å². The van der Waals surface area contributed by atoms with Gasteiger partial charge in [-0.1, -0.05) is 12.2 Å². The minimum Gasteiger partial charge on any atom is -0.480 e. The van der Waals surface area contributed by atoms with E-state index < -0.39 is 18.0 Å². The smallest absolute Gasteiger partial charge is 0.328 e. The number of hydrogen-bond donors (Lipinski definition) is 2. The van der Waals surface area contributed by atoms with Crippen LogP contribution in [-0.4, -0.2) is 40.4 Å². The number of carbonyl (C=O) groups excluding carboxylic acids is 1. The molecule has 1 aliphatic rings. The Kier molecular flexibility index (Phi) is 3.43. The van der Waals surface area contributed by atoms with Gasteiger partial charge >= 0.3 is 12.0 Å². The first-order chi connectivity index (χ1) is 7.02. The minimum absolute atomic E-state index is 0.348. The second-order valence-electron chi connectivity index (χ2n) is 3.18. The molecule has 6 nitrogen and oxygen atoms in total. The number of nitrogens with zero attached hydrogens (tertiary/aromatic N) is 2. The van der Waals surface area contributed by atoms with Crippen LogP contribution < -0.4 is 5.73 Å². The van der Waals surface area contributed by atoms with Gasteiger partial charge in [0, 0.05) is 13.0 Å². The Bertz CT molecular complexity index is 335. The average Bonchev–Trinajstić information content (AvgIpc) is 2.18. The normalized spacial score (nSPS) is 20.3. The highest BCUT2D eigenvalue weighted by atomic mass is 16.4. The Morgan fingerprint density at radius 3 is 2.80 bits per heavy atom. The van der Waals surface area contributed by atoms with Gasteiger partial charge in [-0.2, -0.15) is 0 Å². The van der Waals surface area contributed by atoms with Crippen LogP contribution in [-0.2, 0) is 4.79 Å². The van der Waals surface area contributed by atoms with Crippen molar-refractivity contribution >= 4 is 17.8 Å². The van der Waals surface area contributed by atoms with Gasteiger partial charge in [-0.3, -0.25) is 9.89 Å². The summed E-state index contributed by atoms with van der Waals surface area (Å²) in [4.78, 5) is 26.8. The van der Waals surface area contributed by atoms with Gasteiger partial charge in [0.05, 0.1) is 0 Å². The first-order valence-electron chi connectivity index (χ1n) is 4.54. The Balaban J connectivity index is 2.86. The number of amides is 2. The van der Waals surface area contributed by atoms with Crippen molar-refractivity contribution in [1.82, 2.24) is 4.90 Å². The molecule has 2 amide bonds. The third-order valence-electron chi connectivity index (χ3n) is 2.03. The van der Waals surface area contributed by atoms with Gasteiger partial charge in [0.15, 0.2) is 0 Å². The highest BCUT2D eigenvalue weighted by molar-refractivity contribution is 5.99. The van der Waals surface area contributed by atoms with Gasteiger partial charge < -0.3 is 10.8 Å². The maximum absolute atomic E-state index is 11.0. The van der Waals surface area contributed by atoms with E-state index in [1.807, 2.05) is 6.08 Å². The molecule has 1 rings (SSSR count). The molecule has 3 N–H and O–H groups in total. The van der Waals surface area contributed by atoms with Crippen LogP contribution in [0.2, 0.25) is 0 Å². The first-order valence-corrected chi connectivity index (χ1v) is 4.54. The molecule has 0 radical (unpaired) electrons. The summed E-state index contributed by atoms with van der Waals surface area (Å²) in [5.74, 6) is -0.624. The van der Waals surface area contributed by atoms with Crippen LogP contribution in [0.3, 0.4) is 0 Å². The first kappa shape index (κ1) is 11.2. The molecular weight excluding hydrogens is 198 g/mol. The average molecular weight is 211 g/mol. The van der Waals surface area contributed by atoms with E-state index in [0.29, 0.717) is 18.8 Å². The molecule has 0 unspecified atom stereocenters. The van der Waals surface area contributed by atoms with Crippen molar-refractivity contribution in [1.29, 1.82) is 0 Å². The molecular formula is C9H13N3O3. The molecule has 15 heavy (non-hydrogen) atoms. The van der Waals surface area contributed by atoms with Crippen molar-refractivity contribution in [3.05, 3.63) is 12.2 Å². The molecule has 0 aliphatic carbocycles. The molecule has 1 aliphatic heterocycles. The molecule has 82 valence electrons. The number of aliphatic carboxylic acids is 1. The summed E-state index contributed by atoms with van der Waals surface area (Å²) in [6, 6.07) is -1.48. The van der Waals surface area contributed by atoms with Crippen LogP contribution >= 0.6 is 0 Å². The Morgan fingerprint density at radius 1 is 1.60 bits per heavy atom. The van der Waals surface area contributed by atoms with Crippen molar-refractivity contribution in [2.45, 2.75) is 19.4 Å². The summed E-state index contributed by atoms with van der Waals surface area (Å²) in [5.41, 5.74) is 5.13. The van der Waals surface area contributed by atoms with Crippen molar-refractivity contribution in [3.63, 3.8) is 0 Å². The zero-order valence-electron chi connectivity index (χ0n) is 8.38. The number of hydrogen-bond acceptors (Lipinski definition) is 3. The van der Waals surface area contributed by atoms with Gasteiger partial charge in [-0.05, 0) is 6.92 Å². The van der Waals surface area contributed by atoms with Crippen LogP contribution in [0.25, 0.3) is 0 Å². The molecule has 0 aromatic heterocycles. The van der Waals surface area contributed by atoms with Gasteiger partial charge in [-0.25, -0.2) is 9.59 Å². The van der Waals surface area contributed by atoms with Crippen LogP contribution in [0.15, 0.2) is 17.1 Å². The second kappa shape index (κ2) is 4.59. The van der Waals surface area contributed by atoms with E-state index >= 15 is 0 Å². The third kappa shape index (κ3) is 2.80. The van der Waals surface area contributed by atoms with E-state index in [-0.39, 0.29) is 0 Å². The fraction of sp³-hybridized carbons (Fsp3) is 0.444. The number of urea groups is 1. The lowest BCUT2D eigenvalue weighted by molar-refractivity contribution is -0.138. The Morgan fingerprint density at radius 2 is 2.27 bits per heavy atom. The lowest BCUT2D eigenvalue weighted by Gasteiger charge is -2.23. The molecule has 0 saturated carbocycles. The number of carboxylic acids is 1. The summed E-state index contributed by atoms with van der Waals surface area (Å²) >= 11 is 0. The lowest BCUT2D eigenvalue weighted by atomic mass is 10.2. The number of nitrogens with two attached hydrogens (primary N) is 1. The van der Waals surface area contributed by atoms with E-state index in [2.05, 4.69) is 4.99 Å². The maximum Gasteiger partial charge on any atom is 0.328 e. The van der Waals surface area contributed by atoms with E-state index in [1.54, 1.807) is 6.08 Å². The summed E-state index contributed by atoms with van der Waals surface area (Å²) in [6.07, 6.45) is 4.04. The fourth-order valence-electron chi connectivity index (χ4n) is 1.20. The van der Waals surface area contributed by atoms with Crippen molar-refractivity contribution in [2.75, 3.05) is 6.54 Å². The molecule has 0 saturated heterocycles. The number of carbonyl (C=O) groups is 2. The van der Waals surface area contributed by atoms with Crippen molar-refractivity contribution in [3.8, 4) is 0 Å². The van der Waals surface area contributed by atoms with Crippen LogP contribution in [0.5, 0.6) is 0 Å². The quantitative estimate of drug-likeness (QED) is 0.638. The topological polar surface area (TPSA) is 96.0 Å². The molecule has 0 aromatic rings. The highest BCUT2D eigenvalue weighted by Gasteiger charge is 2.19. The van der Waals surface area contributed by atoms with Crippen LogP contribution in [0.1, 0.15) is 13.3 Å². The molecule has 1 atom stereocenters. The molecule has 0 spiro atoms. The number of aliphatic imine (C=N–C) groups is 1. The predicted molar refractivity (Wildman–Crippen MR) is 54.6 cm³/mol. The Hall–Kier alpha value is -1.85. The number of carboxylic acid groups (broad SMARTS) is 1. The van der Waals surface area contributed by atoms with E-state index in [0.717, 1.165) is 0 Å². The monoisotopic (exact) mass is 211 g/mol. The van der Waals surface area contributed by atoms with Crippen molar-refractivity contribution < 1.29 is 14.7 Å². The SMILES string of the molecule is C[C@H](N=C1CC=CCN1C(N)=O)C(=O)O. The number of primary amides is 1. The molecule has 0 fully saturated rings. The predicted octanol–water partition coefficient (Wildman–Crippen LogP) is 0.199. The van der Waals surface area contributed by atoms with Gasteiger partial charge in [0.2, 0.25) is 0 Å². The summed E-state index contributed by atoms with van der Waals surface area (Å²) in [6.45, 7) is 1.80. The molecule has 0 aromatic carbocycles. The number of rotatable bonds is 2. The zero-order valence-corrected chi connectivity index (χ0v) is 8.38. The molecule has 1 heterocycles. The second-order valence-corrected chi connectivity index (χ2v) is 3.18. The third-order valence-corrected chi connectivity index (χ3v) is 2.03. The van der Waals surface area contributed by atoms with Crippen molar-refractivity contribution in [2.24, 2.45) is 10.7 Å². The van der Waals surface area contributed by atoms with Crippen LogP contribution in [0, 0.1) is 0 Å². The van der Waals surface area contributed by atoms with Gasteiger partial charge in [0.25, 0.3) is 0 Å². The molecule has 6 heteroatoms. The zero-order chi connectivity index (χ0) is 11.4. The lowest BCUT2D eigenvalue weighted by Crippen LogP contribution is -2.42. The van der Waals surface area contributed by atoms with E-state index in [9.17, 15) is 9.59 Å². The highest BCUT2D eigenvalue weighted by Crippen LogP contribution is 2.07. The van der Waals surface area contributed by atoms with Crippen LogP contribution in [0.4, 0.5) is 4.79 Å².